The summed E-state index contributed by atoms with van der Waals surface area (Å²) < 4.78 is 5.12. The van der Waals surface area contributed by atoms with E-state index in [1.54, 1.807) is 0 Å². The van der Waals surface area contributed by atoms with Gasteiger partial charge in [-0.2, -0.15) is 0 Å². The quantitative estimate of drug-likeness (QED) is 0.797. The van der Waals surface area contributed by atoms with Crippen LogP contribution in [0.5, 0.6) is 0 Å². The lowest BCUT2D eigenvalue weighted by atomic mass is 9.89. The number of rotatable bonds is 1. The molecule has 0 aliphatic carbocycles. The van der Waals surface area contributed by atoms with Gasteiger partial charge in [-0.15, -0.1) is 12.4 Å². The van der Waals surface area contributed by atoms with E-state index in [9.17, 15) is 0 Å². The van der Waals surface area contributed by atoms with Crippen molar-refractivity contribution in [3.8, 4) is 0 Å². The number of ether oxygens (including phenoxy) is 1. The minimum absolute atomic E-state index is 0. The normalized spacial score (nSPS) is 24.7. The Morgan fingerprint density at radius 2 is 2.00 bits per heavy atom. The standard InChI is InChI=1S/C11H14N2O.ClH/c1-11(7-8-14-10(12)13-11)9-5-3-2-4-6-9;/h2-6H,7-8H2,1H3,(H2,12,13);1H. The van der Waals surface area contributed by atoms with Crippen molar-refractivity contribution in [2.75, 3.05) is 6.61 Å². The summed E-state index contributed by atoms with van der Waals surface area (Å²) in [4.78, 5) is 4.36. The Morgan fingerprint density at radius 3 is 2.60 bits per heavy atom. The van der Waals surface area contributed by atoms with E-state index in [1.165, 1.54) is 5.56 Å². The molecule has 2 N–H and O–H groups in total. The Morgan fingerprint density at radius 1 is 1.33 bits per heavy atom. The van der Waals surface area contributed by atoms with Crippen LogP contribution in [0.1, 0.15) is 18.9 Å². The number of nitrogens with zero attached hydrogens (tertiary/aromatic N) is 1. The SMILES string of the molecule is CC1(c2ccccc2)CCOC(N)=N1.Cl. The van der Waals surface area contributed by atoms with Gasteiger partial charge in [-0.25, -0.2) is 4.99 Å². The third-order valence-electron chi connectivity index (χ3n) is 2.59. The fourth-order valence-electron chi connectivity index (χ4n) is 1.69. The number of hydrogen-bond acceptors (Lipinski definition) is 3. The molecule has 0 fully saturated rings. The molecule has 0 saturated heterocycles. The Bertz CT molecular complexity index is 353. The van der Waals surface area contributed by atoms with Gasteiger partial charge in [-0.3, -0.25) is 0 Å². The summed E-state index contributed by atoms with van der Waals surface area (Å²) in [5.74, 6) is 0. The molecule has 2 rings (SSSR count). The monoisotopic (exact) mass is 226 g/mol. The highest BCUT2D eigenvalue weighted by Gasteiger charge is 2.29. The third kappa shape index (κ3) is 2.42. The average molecular weight is 227 g/mol. The number of aliphatic imine (C=N–C) groups is 1. The predicted molar refractivity (Wildman–Crippen MR) is 63.2 cm³/mol. The van der Waals surface area contributed by atoms with Crippen molar-refractivity contribution >= 4 is 18.4 Å². The maximum absolute atomic E-state index is 5.58. The molecule has 1 aromatic carbocycles. The van der Waals surface area contributed by atoms with E-state index >= 15 is 0 Å². The van der Waals surface area contributed by atoms with Gasteiger partial charge >= 0.3 is 0 Å². The van der Waals surface area contributed by atoms with Gasteiger partial charge in [0.2, 0.25) is 0 Å². The molecular formula is C11H15ClN2O. The molecule has 1 atom stereocenters. The highest BCUT2D eigenvalue weighted by atomic mass is 35.5. The number of nitrogens with two attached hydrogens (primary N) is 1. The van der Waals surface area contributed by atoms with E-state index in [-0.39, 0.29) is 17.9 Å². The average Bonchev–Trinajstić information content (AvgIpc) is 2.19. The molecule has 0 aromatic heterocycles. The molecule has 0 radical (unpaired) electrons. The molecule has 1 aliphatic rings. The highest BCUT2D eigenvalue weighted by molar-refractivity contribution is 5.85. The number of benzene rings is 1. The van der Waals surface area contributed by atoms with Crippen LogP contribution in [0, 0.1) is 0 Å². The van der Waals surface area contributed by atoms with Crippen LogP contribution in [-0.2, 0) is 10.3 Å². The summed E-state index contributed by atoms with van der Waals surface area (Å²) in [5, 5.41) is 0. The lowest BCUT2D eigenvalue weighted by Crippen LogP contribution is -2.33. The molecule has 1 aliphatic heterocycles. The molecule has 0 saturated carbocycles. The second kappa shape index (κ2) is 4.53. The number of halogens is 1. The zero-order chi connectivity index (χ0) is 10.0. The van der Waals surface area contributed by atoms with Crippen molar-refractivity contribution in [2.24, 2.45) is 10.7 Å². The maximum Gasteiger partial charge on any atom is 0.282 e. The van der Waals surface area contributed by atoms with E-state index in [4.69, 9.17) is 10.5 Å². The minimum atomic E-state index is -0.219. The van der Waals surface area contributed by atoms with Crippen LogP contribution in [0.3, 0.4) is 0 Å². The van der Waals surface area contributed by atoms with Gasteiger partial charge in [0.05, 0.1) is 12.1 Å². The smallest absolute Gasteiger partial charge is 0.282 e. The Kier molecular flexibility index (Phi) is 3.58. The van der Waals surface area contributed by atoms with Crippen molar-refractivity contribution in [3.63, 3.8) is 0 Å². The largest absolute Gasteiger partial charge is 0.465 e. The molecule has 15 heavy (non-hydrogen) atoms. The molecule has 4 heteroatoms. The fourth-order valence-corrected chi connectivity index (χ4v) is 1.69. The zero-order valence-electron chi connectivity index (χ0n) is 8.64. The maximum atomic E-state index is 5.58. The topological polar surface area (TPSA) is 47.6 Å². The van der Waals surface area contributed by atoms with Gasteiger partial charge in [0.1, 0.15) is 0 Å². The fraction of sp³-hybridized carbons (Fsp3) is 0.364. The van der Waals surface area contributed by atoms with E-state index in [2.05, 4.69) is 24.0 Å². The van der Waals surface area contributed by atoms with Crippen LogP contribution in [0.15, 0.2) is 35.3 Å². The van der Waals surface area contributed by atoms with Crippen molar-refractivity contribution in [3.05, 3.63) is 35.9 Å². The van der Waals surface area contributed by atoms with Crippen LogP contribution < -0.4 is 5.73 Å². The van der Waals surface area contributed by atoms with E-state index in [1.807, 2.05) is 18.2 Å². The van der Waals surface area contributed by atoms with Gasteiger partial charge in [0, 0.05) is 6.42 Å². The highest BCUT2D eigenvalue weighted by Crippen LogP contribution is 2.31. The zero-order valence-corrected chi connectivity index (χ0v) is 9.46. The summed E-state index contributed by atoms with van der Waals surface area (Å²) >= 11 is 0. The van der Waals surface area contributed by atoms with Gasteiger partial charge in [-0.05, 0) is 12.5 Å². The molecule has 82 valence electrons. The molecule has 1 heterocycles. The summed E-state index contributed by atoms with van der Waals surface area (Å²) in [6.07, 6.45) is 0.873. The number of hydrogen-bond donors (Lipinski definition) is 1. The summed E-state index contributed by atoms with van der Waals surface area (Å²) in [7, 11) is 0. The first-order valence-corrected chi connectivity index (χ1v) is 4.74. The van der Waals surface area contributed by atoms with Gasteiger partial charge < -0.3 is 10.5 Å². The van der Waals surface area contributed by atoms with Gasteiger partial charge in [-0.1, -0.05) is 30.3 Å². The van der Waals surface area contributed by atoms with E-state index in [0.717, 1.165) is 6.42 Å². The minimum Gasteiger partial charge on any atom is -0.465 e. The van der Waals surface area contributed by atoms with Crippen LogP contribution in [0.4, 0.5) is 0 Å². The van der Waals surface area contributed by atoms with Crippen LogP contribution >= 0.6 is 12.4 Å². The molecular weight excluding hydrogens is 212 g/mol. The van der Waals surface area contributed by atoms with Crippen molar-refractivity contribution in [2.45, 2.75) is 18.9 Å². The van der Waals surface area contributed by atoms with Crippen LogP contribution in [0.2, 0.25) is 0 Å². The summed E-state index contributed by atoms with van der Waals surface area (Å²) in [6, 6.07) is 10.5. The van der Waals surface area contributed by atoms with Crippen molar-refractivity contribution in [1.29, 1.82) is 0 Å². The van der Waals surface area contributed by atoms with Crippen molar-refractivity contribution in [1.82, 2.24) is 0 Å². The lowest BCUT2D eigenvalue weighted by Gasteiger charge is -2.29. The molecule has 0 spiro atoms. The summed E-state index contributed by atoms with van der Waals surface area (Å²) in [6.45, 7) is 2.72. The predicted octanol–water partition coefficient (Wildman–Crippen LogP) is 2.06. The number of amidine groups is 1. The molecule has 0 amide bonds. The first-order valence-electron chi connectivity index (χ1n) is 4.74. The Hall–Kier alpha value is -1.22. The Balaban J connectivity index is 0.00000112. The molecule has 1 aromatic rings. The Labute approximate surface area is 95.8 Å². The van der Waals surface area contributed by atoms with Gasteiger partial charge in [0.15, 0.2) is 0 Å². The van der Waals surface area contributed by atoms with Crippen molar-refractivity contribution < 1.29 is 4.74 Å². The third-order valence-corrected chi connectivity index (χ3v) is 2.59. The molecule has 1 unspecified atom stereocenters. The second-order valence-corrected chi connectivity index (χ2v) is 3.69. The summed E-state index contributed by atoms with van der Waals surface area (Å²) in [5.41, 5.74) is 6.54. The van der Waals surface area contributed by atoms with Crippen LogP contribution in [0.25, 0.3) is 0 Å². The first kappa shape index (κ1) is 11.9. The van der Waals surface area contributed by atoms with Crippen LogP contribution in [-0.4, -0.2) is 12.6 Å². The molecule has 0 bridgehead atoms. The van der Waals surface area contributed by atoms with E-state index < -0.39 is 0 Å². The molecule has 3 nitrogen and oxygen atoms in total. The lowest BCUT2D eigenvalue weighted by molar-refractivity contribution is 0.218. The van der Waals surface area contributed by atoms with Gasteiger partial charge in [0.25, 0.3) is 6.02 Å². The van der Waals surface area contributed by atoms with E-state index in [0.29, 0.717) is 12.6 Å². The second-order valence-electron chi connectivity index (χ2n) is 3.69. The first-order chi connectivity index (χ1) is 6.71.